The molecular weight excluding hydrogens is 259 g/mol. The summed E-state index contributed by atoms with van der Waals surface area (Å²) in [5.74, 6) is -0.244. The Morgan fingerprint density at radius 2 is 2.10 bits per heavy atom. The normalized spacial score (nSPS) is 22.6. The summed E-state index contributed by atoms with van der Waals surface area (Å²) in [6.45, 7) is 3.68. The van der Waals surface area contributed by atoms with Crippen LogP contribution in [-0.4, -0.2) is 31.7 Å². The third kappa shape index (κ3) is 3.93. The monoisotopic (exact) mass is 280 g/mol. The van der Waals surface area contributed by atoms with Gasteiger partial charge in [-0.05, 0) is 43.5 Å². The van der Waals surface area contributed by atoms with Gasteiger partial charge in [-0.1, -0.05) is 0 Å². The van der Waals surface area contributed by atoms with Gasteiger partial charge in [0.05, 0.1) is 13.0 Å². The van der Waals surface area contributed by atoms with Crippen LogP contribution in [0.2, 0.25) is 0 Å². The Balaban J connectivity index is 2.00. The van der Waals surface area contributed by atoms with Gasteiger partial charge in [-0.25, -0.2) is 4.39 Å². The molecule has 0 bridgehead atoms. The minimum absolute atomic E-state index is 0.0215. The highest BCUT2D eigenvalue weighted by atomic mass is 19.1. The van der Waals surface area contributed by atoms with Gasteiger partial charge in [0.25, 0.3) is 0 Å². The summed E-state index contributed by atoms with van der Waals surface area (Å²) < 4.78 is 17.9. The van der Waals surface area contributed by atoms with Crippen molar-refractivity contribution in [3.05, 3.63) is 30.1 Å². The molecule has 1 fully saturated rings. The van der Waals surface area contributed by atoms with Gasteiger partial charge in [0.2, 0.25) is 0 Å². The second-order valence-corrected chi connectivity index (χ2v) is 5.25. The molecule has 0 saturated carbocycles. The molecule has 5 heteroatoms. The first-order chi connectivity index (χ1) is 9.58. The van der Waals surface area contributed by atoms with Crippen LogP contribution in [0.5, 0.6) is 0 Å². The van der Waals surface area contributed by atoms with E-state index in [-0.39, 0.29) is 23.7 Å². The quantitative estimate of drug-likeness (QED) is 0.856. The van der Waals surface area contributed by atoms with Crippen LogP contribution >= 0.6 is 0 Å². The van der Waals surface area contributed by atoms with Gasteiger partial charge in [-0.15, -0.1) is 0 Å². The lowest BCUT2D eigenvalue weighted by Gasteiger charge is -2.37. The average Bonchev–Trinajstić information content (AvgIpc) is 2.39. The molecule has 4 nitrogen and oxygen atoms in total. The van der Waals surface area contributed by atoms with Crippen molar-refractivity contribution in [2.45, 2.75) is 25.8 Å². The van der Waals surface area contributed by atoms with E-state index in [2.05, 4.69) is 4.90 Å². The van der Waals surface area contributed by atoms with Gasteiger partial charge in [0.1, 0.15) is 5.82 Å². The van der Waals surface area contributed by atoms with Gasteiger partial charge in [-0.3, -0.25) is 4.79 Å². The highest BCUT2D eigenvalue weighted by Crippen LogP contribution is 2.25. The lowest BCUT2D eigenvalue weighted by atomic mass is 9.91. The summed E-state index contributed by atoms with van der Waals surface area (Å²) in [5.41, 5.74) is 7.00. The summed E-state index contributed by atoms with van der Waals surface area (Å²) >= 11 is 0. The van der Waals surface area contributed by atoms with Crippen LogP contribution < -0.4 is 10.6 Å². The van der Waals surface area contributed by atoms with E-state index in [1.54, 1.807) is 19.1 Å². The molecular formula is C15H21FN2O2. The number of carbonyl (C=O) groups is 1. The highest BCUT2D eigenvalue weighted by Gasteiger charge is 2.27. The molecule has 1 aliphatic heterocycles. The number of halogens is 1. The van der Waals surface area contributed by atoms with Gasteiger partial charge in [0, 0.05) is 24.8 Å². The predicted octanol–water partition coefficient (Wildman–Crippen LogP) is 1.93. The Kier molecular flexibility index (Phi) is 4.95. The zero-order valence-corrected chi connectivity index (χ0v) is 11.7. The molecule has 0 aliphatic carbocycles. The second kappa shape index (κ2) is 6.70. The fourth-order valence-electron chi connectivity index (χ4n) is 2.71. The van der Waals surface area contributed by atoms with E-state index >= 15 is 0 Å². The van der Waals surface area contributed by atoms with Crippen molar-refractivity contribution < 1.29 is 13.9 Å². The fourth-order valence-corrected chi connectivity index (χ4v) is 2.71. The maximum absolute atomic E-state index is 13.0. The lowest BCUT2D eigenvalue weighted by Crippen LogP contribution is -2.47. The van der Waals surface area contributed by atoms with E-state index in [0.717, 1.165) is 25.2 Å². The first kappa shape index (κ1) is 14.8. The minimum atomic E-state index is -0.252. The Labute approximate surface area is 118 Å². The first-order valence-corrected chi connectivity index (χ1v) is 7.00. The van der Waals surface area contributed by atoms with E-state index in [9.17, 15) is 9.18 Å². The average molecular weight is 280 g/mol. The van der Waals surface area contributed by atoms with Crippen LogP contribution in [0.4, 0.5) is 10.1 Å². The number of ether oxygens (including phenoxy) is 1. The molecule has 2 unspecified atom stereocenters. The van der Waals surface area contributed by atoms with Crippen LogP contribution in [0.15, 0.2) is 24.3 Å². The number of anilines is 1. The number of hydrogen-bond donors (Lipinski definition) is 1. The molecule has 1 saturated heterocycles. The minimum Gasteiger partial charge on any atom is -0.466 e. The van der Waals surface area contributed by atoms with Crippen LogP contribution in [0, 0.1) is 11.7 Å². The smallest absolute Gasteiger partial charge is 0.306 e. The fraction of sp³-hybridized carbons (Fsp3) is 0.533. The summed E-state index contributed by atoms with van der Waals surface area (Å²) in [7, 11) is 0. The number of nitrogens with zero attached hydrogens (tertiary/aromatic N) is 1. The summed E-state index contributed by atoms with van der Waals surface area (Å²) in [6.07, 6.45) is 1.20. The number of carbonyl (C=O) groups excluding carboxylic acids is 1. The van der Waals surface area contributed by atoms with E-state index in [4.69, 9.17) is 10.5 Å². The standard InChI is InChI=1S/C15H21FN2O2/c1-2-20-15(19)8-11-7-13(17)10-18(9-11)14-5-3-12(16)4-6-14/h3-6,11,13H,2,7-10,17H2,1H3. The zero-order chi connectivity index (χ0) is 14.5. The van der Waals surface area contributed by atoms with Crippen LogP contribution in [0.1, 0.15) is 19.8 Å². The van der Waals surface area contributed by atoms with E-state index in [0.29, 0.717) is 13.0 Å². The Morgan fingerprint density at radius 3 is 2.75 bits per heavy atom. The van der Waals surface area contributed by atoms with Crippen molar-refractivity contribution in [3.8, 4) is 0 Å². The van der Waals surface area contributed by atoms with E-state index < -0.39 is 0 Å². The van der Waals surface area contributed by atoms with E-state index in [1.807, 2.05) is 0 Å². The Bertz CT molecular complexity index is 450. The van der Waals surface area contributed by atoms with Gasteiger partial charge < -0.3 is 15.4 Å². The number of nitrogens with two attached hydrogens (primary N) is 1. The van der Waals surface area contributed by atoms with Crippen LogP contribution in [0.25, 0.3) is 0 Å². The molecule has 0 aromatic heterocycles. The van der Waals surface area contributed by atoms with Gasteiger partial charge in [0.15, 0.2) is 0 Å². The van der Waals surface area contributed by atoms with Crippen molar-refractivity contribution in [2.24, 2.45) is 11.7 Å². The largest absolute Gasteiger partial charge is 0.466 e. The van der Waals surface area contributed by atoms with Crippen molar-refractivity contribution in [2.75, 3.05) is 24.6 Å². The molecule has 0 amide bonds. The van der Waals surface area contributed by atoms with Crippen LogP contribution in [-0.2, 0) is 9.53 Å². The highest BCUT2D eigenvalue weighted by molar-refractivity contribution is 5.69. The van der Waals surface area contributed by atoms with E-state index in [1.165, 1.54) is 12.1 Å². The number of piperidine rings is 1. The molecule has 2 rings (SSSR count). The molecule has 1 aliphatic rings. The van der Waals surface area contributed by atoms with Gasteiger partial charge >= 0.3 is 5.97 Å². The number of hydrogen-bond acceptors (Lipinski definition) is 4. The molecule has 20 heavy (non-hydrogen) atoms. The van der Waals surface area contributed by atoms with Crippen molar-refractivity contribution >= 4 is 11.7 Å². The third-order valence-electron chi connectivity index (χ3n) is 3.52. The predicted molar refractivity (Wildman–Crippen MR) is 75.9 cm³/mol. The molecule has 1 aromatic carbocycles. The molecule has 1 aromatic rings. The Morgan fingerprint density at radius 1 is 1.40 bits per heavy atom. The number of esters is 1. The SMILES string of the molecule is CCOC(=O)CC1CC(N)CN(c2ccc(F)cc2)C1. The van der Waals surface area contributed by atoms with Crippen molar-refractivity contribution in [3.63, 3.8) is 0 Å². The molecule has 1 heterocycles. The summed E-state index contributed by atoms with van der Waals surface area (Å²) in [4.78, 5) is 13.7. The van der Waals surface area contributed by atoms with Crippen molar-refractivity contribution in [1.29, 1.82) is 0 Å². The molecule has 0 spiro atoms. The zero-order valence-electron chi connectivity index (χ0n) is 11.7. The number of benzene rings is 1. The first-order valence-electron chi connectivity index (χ1n) is 7.00. The summed E-state index contributed by atoms with van der Waals surface area (Å²) in [5, 5.41) is 0. The maximum Gasteiger partial charge on any atom is 0.306 e. The molecule has 0 radical (unpaired) electrons. The Hall–Kier alpha value is -1.62. The molecule has 110 valence electrons. The van der Waals surface area contributed by atoms with Crippen LogP contribution in [0.3, 0.4) is 0 Å². The maximum atomic E-state index is 13.0. The third-order valence-corrected chi connectivity index (χ3v) is 3.52. The number of rotatable bonds is 4. The lowest BCUT2D eigenvalue weighted by molar-refractivity contribution is -0.144. The van der Waals surface area contributed by atoms with Crippen molar-refractivity contribution in [1.82, 2.24) is 0 Å². The van der Waals surface area contributed by atoms with Gasteiger partial charge in [-0.2, -0.15) is 0 Å². The topological polar surface area (TPSA) is 55.6 Å². The second-order valence-electron chi connectivity index (χ2n) is 5.25. The summed E-state index contributed by atoms with van der Waals surface area (Å²) in [6, 6.07) is 6.39. The molecule has 2 atom stereocenters. The molecule has 2 N–H and O–H groups in total.